The lowest BCUT2D eigenvalue weighted by atomic mass is 10.2. The molecule has 1 N–H and O–H groups in total. The minimum absolute atomic E-state index is 0.00950. The fourth-order valence-electron chi connectivity index (χ4n) is 2.37. The van der Waals surface area contributed by atoms with Crippen molar-refractivity contribution in [3.05, 3.63) is 59.1 Å². The zero-order valence-electron chi connectivity index (χ0n) is 14.6. The van der Waals surface area contributed by atoms with Crippen LogP contribution in [-0.2, 0) is 21.4 Å². The molecule has 0 saturated carbocycles. The Hall–Kier alpha value is -2.09. The molecule has 8 heteroatoms. The molecule has 2 rings (SSSR count). The van der Waals surface area contributed by atoms with E-state index in [1.165, 1.54) is 11.4 Å². The topological polar surface area (TPSA) is 75.7 Å². The van der Waals surface area contributed by atoms with E-state index in [1.807, 2.05) is 30.3 Å². The number of anilines is 1. The molecule has 0 saturated heterocycles. The second-order valence-corrected chi connectivity index (χ2v) is 8.14. The molecule has 0 aliphatic heterocycles. The summed E-state index contributed by atoms with van der Waals surface area (Å²) in [5.41, 5.74) is 1.30. The van der Waals surface area contributed by atoms with E-state index in [9.17, 15) is 13.2 Å². The molecule has 6 nitrogen and oxygen atoms in total. The summed E-state index contributed by atoms with van der Waals surface area (Å²) >= 11 is 5.94. The summed E-state index contributed by atoms with van der Waals surface area (Å²) in [5, 5.41) is 3.16. The van der Waals surface area contributed by atoms with Crippen LogP contribution in [0.4, 0.5) is 5.69 Å². The Kier molecular flexibility index (Phi) is 7.02. The van der Waals surface area contributed by atoms with Gasteiger partial charge in [0.2, 0.25) is 15.9 Å². The third-order valence-corrected chi connectivity index (χ3v) is 5.18. The molecule has 0 fully saturated rings. The van der Waals surface area contributed by atoms with Crippen LogP contribution >= 0.6 is 11.6 Å². The first kappa shape index (κ1) is 20.2. The Balaban J connectivity index is 2.02. The summed E-state index contributed by atoms with van der Waals surface area (Å²) in [5.74, 6) is 0.152. The number of amides is 1. The number of ether oxygens (including phenoxy) is 1. The van der Waals surface area contributed by atoms with E-state index >= 15 is 0 Å². The molecule has 0 aliphatic rings. The smallest absolute Gasteiger partial charge is 0.225 e. The minimum Gasteiger partial charge on any atom is -0.495 e. The molecule has 0 aromatic heterocycles. The van der Waals surface area contributed by atoms with Crippen LogP contribution in [0.2, 0.25) is 5.02 Å². The molecule has 0 heterocycles. The molecule has 0 atom stereocenters. The van der Waals surface area contributed by atoms with Crippen LogP contribution < -0.4 is 10.1 Å². The van der Waals surface area contributed by atoms with Crippen molar-refractivity contribution in [2.75, 3.05) is 25.2 Å². The van der Waals surface area contributed by atoms with E-state index in [-0.39, 0.29) is 25.4 Å². The third kappa shape index (κ3) is 6.01. The van der Waals surface area contributed by atoms with Crippen LogP contribution in [0.5, 0.6) is 5.75 Å². The van der Waals surface area contributed by atoms with Crippen LogP contribution in [0, 0.1) is 0 Å². The van der Waals surface area contributed by atoms with Crippen molar-refractivity contribution in [2.24, 2.45) is 0 Å². The number of carbonyl (C=O) groups excluding carboxylic acids is 1. The van der Waals surface area contributed by atoms with Crippen molar-refractivity contribution in [3.8, 4) is 5.75 Å². The number of methoxy groups -OCH3 is 1. The Labute approximate surface area is 158 Å². The second-order valence-electron chi connectivity index (χ2n) is 5.72. The number of nitrogens with zero attached hydrogens (tertiary/aromatic N) is 1. The maximum absolute atomic E-state index is 12.2. The maximum atomic E-state index is 12.2. The van der Waals surface area contributed by atoms with Crippen molar-refractivity contribution < 1.29 is 17.9 Å². The zero-order chi connectivity index (χ0) is 19.2. The van der Waals surface area contributed by atoms with Crippen LogP contribution in [0.25, 0.3) is 0 Å². The van der Waals surface area contributed by atoms with Gasteiger partial charge in [0.15, 0.2) is 0 Å². The van der Waals surface area contributed by atoms with Gasteiger partial charge in [-0.1, -0.05) is 41.9 Å². The normalized spacial score (nSPS) is 11.4. The van der Waals surface area contributed by atoms with Crippen LogP contribution in [0.1, 0.15) is 12.0 Å². The average molecular weight is 397 g/mol. The van der Waals surface area contributed by atoms with E-state index < -0.39 is 10.0 Å². The van der Waals surface area contributed by atoms with E-state index in [1.54, 1.807) is 18.2 Å². The zero-order valence-corrected chi connectivity index (χ0v) is 16.2. The molecule has 2 aromatic carbocycles. The van der Waals surface area contributed by atoms with Gasteiger partial charge >= 0.3 is 0 Å². The van der Waals surface area contributed by atoms with Gasteiger partial charge in [-0.2, -0.15) is 4.31 Å². The molecule has 0 spiro atoms. The lowest BCUT2D eigenvalue weighted by Gasteiger charge is -2.20. The second kappa shape index (κ2) is 9.02. The van der Waals surface area contributed by atoms with Gasteiger partial charge in [-0.3, -0.25) is 4.79 Å². The highest BCUT2D eigenvalue weighted by molar-refractivity contribution is 7.88. The number of benzene rings is 2. The molecule has 140 valence electrons. The Bertz CT molecular complexity index is 857. The quantitative estimate of drug-likeness (QED) is 0.743. The summed E-state index contributed by atoms with van der Waals surface area (Å²) in [4.78, 5) is 12.2. The largest absolute Gasteiger partial charge is 0.495 e. The van der Waals surface area contributed by atoms with Gasteiger partial charge < -0.3 is 10.1 Å². The standard InChI is InChI=1S/C18H21ClN2O4S/c1-25-17-9-8-15(19)12-16(17)20-18(22)10-11-21(26(2,23)24)13-14-6-4-3-5-7-14/h3-9,12H,10-11,13H2,1-2H3,(H,20,22). The molecule has 26 heavy (non-hydrogen) atoms. The number of halogens is 1. The van der Waals surface area contributed by atoms with E-state index in [2.05, 4.69) is 5.32 Å². The Morgan fingerprint density at radius 1 is 1.19 bits per heavy atom. The van der Waals surface area contributed by atoms with Gasteiger partial charge in [0.25, 0.3) is 0 Å². The first-order valence-corrected chi connectivity index (χ1v) is 10.1. The summed E-state index contributed by atoms with van der Waals surface area (Å²) < 4.78 is 30.5. The number of carbonyl (C=O) groups is 1. The van der Waals surface area contributed by atoms with Gasteiger partial charge in [0, 0.05) is 24.5 Å². The summed E-state index contributed by atoms with van der Waals surface area (Å²) in [6, 6.07) is 14.1. The summed E-state index contributed by atoms with van der Waals surface area (Å²) in [6.07, 6.45) is 1.14. The summed E-state index contributed by atoms with van der Waals surface area (Å²) in [7, 11) is -1.95. The Morgan fingerprint density at radius 3 is 2.50 bits per heavy atom. The molecule has 0 unspecified atom stereocenters. The molecular weight excluding hydrogens is 376 g/mol. The monoisotopic (exact) mass is 396 g/mol. The molecular formula is C18H21ClN2O4S. The first-order chi connectivity index (χ1) is 12.3. The van der Waals surface area contributed by atoms with Crippen molar-refractivity contribution >= 4 is 33.2 Å². The molecule has 0 bridgehead atoms. The van der Waals surface area contributed by atoms with Gasteiger partial charge in [-0.05, 0) is 23.8 Å². The number of nitrogens with one attached hydrogen (secondary N) is 1. The molecule has 0 radical (unpaired) electrons. The number of hydrogen-bond donors (Lipinski definition) is 1. The first-order valence-electron chi connectivity index (χ1n) is 7.92. The average Bonchev–Trinajstić information content (AvgIpc) is 2.58. The lowest BCUT2D eigenvalue weighted by Crippen LogP contribution is -2.32. The minimum atomic E-state index is -3.44. The highest BCUT2D eigenvalue weighted by Crippen LogP contribution is 2.27. The van der Waals surface area contributed by atoms with Crippen molar-refractivity contribution in [1.29, 1.82) is 0 Å². The molecule has 2 aromatic rings. The SMILES string of the molecule is COc1ccc(Cl)cc1NC(=O)CCN(Cc1ccccc1)S(C)(=O)=O. The van der Waals surface area contributed by atoms with Crippen molar-refractivity contribution in [3.63, 3.8) is 0 Å². The van der Waals surface area contributed by atoms with Gasteiger partial charge in [-0.25, -0.2) is 8.42 Å². The molecule has 0 aliphatic carbocycles. The van der Waals surface area contributed by atoms with Gasteiger partial charge in [0.1, 0.15) is 5.75 Å². The van der Waals surface area contributed by atoms with Crippen molar-refractivity contribution in [2.45, 2.75) is 13.0 Å². The van der Waals surface area contributed by atoms with Gasteiger partial charge in [-0.15, -0.1) is 0 Å². The van der Waals surface area contributed by atoms with Crippen LogP contribution in [-0.4, -0.2) is 38.5 Å². The fourth-order valence-corrected chi connectivity index (χ4v) is 3.34. The third-order valence-electron chi connectivity index (χ3n) is 3.69. The predicted molar refractivity (Wildman–Crippen MR) is 103 cm³/mol. The number of rotatable bonds is 8. The predicted octanol–water partition coefficient (Wildman–Crippen LogP) is 3.14. The molecule has 1 amide bonds. The lowest BCUT2D eigenvalue weighted by molar-refractivity contribution is -0.116. The Morgan fingerprint density at radius 2 is 1.88 bits per heavy atom. The van der Waals surface area contributed by atoms with E-state index in [4.69, 9.17) is 16.3 Å². The summed E-state index contributed by atoms with van der Waals surface area (Å²) in [6.45, 7) is 0.288. The fraction of sp³-hybridized carbons (Fsp3) is 0.278. The van der Waals surface area contributed by atoms with E-state index in [0.29, 0.717) is 16.5 Å². The highest BCUT2D eigenvalue weighted by atomic mass is 35.5. The maximum Gasteiger partial charge on any atom is 0.225 e. The number of sulfonamides is 1. The van der Waals surface area contributed by atoms with Gasteiger partial charge in [0.05, 0.1) is 19.1 Å². The number of hydrogen-bond acceptors (Lipinski definition) is 4. The van der Waals surface area contributed by atoms with Crippen molar-refractivity contribution in [1.82, 2.24) is 4.31 Å². The van der Waals surface area contributed by atoms with E-state index in [0.717, 1.165) is 11.8 Å². The van der Waals surface area contributed by atoms with Crippen LogP contribution in [0.15, 0.2) is 48.5 Å². The van der Waals surface area contributed by atoms with Crippen LogP contribution in [0.3, 0.4) is 0 Å². The highest BCUT2D eigenvalue weighted by Gasteiger charge is 2.19.